The molecule has 0 unspecified atom stereocenters. The number of benzene rings is 9. The first-order chi connectivity index (χ1) is 28.9. The van der Waals surface area contributed by atoms with Gasteiger partial charge in [-0.15, -0.1) is 0 Å². The van der Waals surface area contributed by atoms with Crippen molar-refractivity contribution in [2.45, 2.75) is 0 Å². The van der Waals surface area contributed by atoms with Crippen LogP contribution in [0.2, 0.25) is 0 Å². The van der Waals surface area contributed by atoms with Crippen LogP contribution >= 0.6 is 0 Å². The Balaban J connectivity index is 1.35. The van der Waals surface area contributed by atoms with Crippen molar-refractivity contribution < 1.29 is 19.5 Å². The van der Waals surface area contributed by atoms with Gasteiger partial charge in [0.05, 0.1) is 15.1 Å². The second-order valence-corrected chi connectivity index (χ2v) is 11.9. The van der Waals surface area contributed by atoms with E-state index in [9.17, 15) is 1.37 Å². The molecular formula is C48H30O. The molecule has 228 valence electrons. The number of rotatable bonds is 4. The smallest absolute Gasteiger partial charge is 0.136 e. The molecule has 1 nitrogen and oxygen atoms in total. The molecule has 0 saturated carbocycles. The van der Waals surface area contributed by atoms with Gasteiger partial charge in [0.2, 0.25) is 0 Å². The first-order valence-corrected chi connectivity index (χ1v) is 16.0. The Hall–Kier alpha value is -6.44. The predicted molar refractivity (Wildman–Crippen MR) is 208 cm³/mol. The summed E-state index contributed by atoms with van der Waals surface area (Å²) in [4.78, 5) is 0. The molecule has 10 rings (SSSR count). The molecule has 0 radical (unpaired) electrons. The standard InChI is InChI=1S/C48H30O/c1-3-15-31(16-4-1)33-25-13-27-43-47(33)48-37(26-14-28-44(48)49-43)36-29-30-42(35-20-8-7-19-34(35)36)46-40-23-11-9-21-38(40)45(32-17-5-2-6-18-32)39-22-10-12-24-41(39)46/h1-30H/i1D,3D,4D,13D,14D,15D,16D,25D,26D,27D,28D. The van der Waals surface area contributed by atoms with Gasteiger partial charge in [-0.3, -0.25) is 0 Å². The van der Waals surface area contributed by atoms with Gasteiger partial charge in [-0.05, 0) is 88.9 Å². The fourth-order valence-electron chi connectivity index (χ4n) is 7.34. The SMILES string of the molecule is [2H]c1c([2H])c([2H])c(-c2c([2H])c([2H])c([2H])c3oc4c([2H])c([2H])c([2H])c(-c5ccc(-c6c7ccccc7c(-c7ccccc7)c7ccccc67)c6ccccc56)c4c23)c([2H])c1[2H]. The van der Waals surface area contributed by atoms with Crippen LogP contribution in [0.5, 0.6) is 0 Å². The minimum Gasteiger partial charge on any atom is -0.456 e. The van der Waals surface area contributed by atoms with Crippen LogP contribution in [0.25, 0.3) is 98.8 Å². The molecular weight excluding hydrogens is 593 g/mol. The average Bonchev–Trinajstić information content (AvgIpc) is 3.67. The van der Waals surface area contributed by atoms with Gasteiger partial charge >= 0.3 is 0 Å². The van der Waals surface area contributed by atoms with Gasteiger partial charge < -0.3 is 4.42 Å². The second-order valence-electron chi connectivity index (χ2n) is 11.9. The summed E-state index contributed by atoms with van der Waals surface area (Å²) in [5.41, 5.74) is 3.67. The molecule has 0 aliphatic carbocycles. The number of furan rings is 1. The van der Waals surface area contributed by atoms with Crippen LogP contribution in [0.3, 0.4) is 0 Å². The molecule has 0 spiro atoms. The lowest BCUT2D eigenvalue weighted by Crippen LogP contribution is -1.92. The number of fused-ring (bicyclic) bond motifs is 6. The fraction of sp³-hybridized carbons (Fsp3) is 0. The molecule has 0 aliphatic rings. The molecule has 9 aromatic carbocycles. The Morgan fingerprint density at radius 1 is 0.327 bits per heavy atom. The largest absolute Gasteiger partial charge is 0.456 e. The van der Waals surface area contributed by atoms with Crippen LogP contribution < -0.4 is 0 Å². The van der Waals surface area contributed by atoms with Crippen molar-refractivity contribution in [2.24, 2.45) is 0 Å². The molecule has 0 bridgehead atoms. The van der Waals surface area contributed by atoms with Gasteiger partial charge in [0.15, 0.2) is 0 Å². The molecule has 0 atom stereocenters. The van der Waals surface area contributed by atoms with Crippen molar-refractivity contribution in [2.75, 3.05) is 0 Å². The lowest BCUT2D eigenvalue weighted by molar-refractivity contribution is 0.669. The molecule has 10 aromatic rings. The Kier molecular flexibility index (Phi) is 4.25. The van der Waals surface area contributed by atoms with Crippen LogP contribution in [-0.2, 0) is 0 Å². The molecule has 0 N–H and O–H groups in total. The van der Waals surface area contributed by atoms with Crippen molar-refractivity contribution in [1.82, 2.24) is 0 Å². The van der Waals surface area contributed by atoms with E-state index in [1.165, 1.54) is 0 Å². The summed E-state index contributed by atoms with van der Waals surface area (Å²) in [5.74, 6) is 0. The molecule has 1 aromatic heterocycles. The van der Waals surface area contributed by atoms with Crippen LogP contribution in [0.4, 0.5) is 0 Å². The highest BCUT2D eigenvalue weighted by atomic mass is 16.3. The van der Waals surface area contributed by atoms with E-state index in [1.807, 2.05) is 78.9 Å². The lowest BCUT2D eigenvalue weighted by atomic mass is 9.83. The summed E-state index contributed by atoms with van der Waals surface area (Å²) >= 11 is 0. The van der Waals surface area contributed by atoms with Gasteiger partial charge in [0.1, 0.15) is 11.2 Å². The highest BCUT2D eigenvalue weighted by Crippen LogP contribution is 2.48. The average molecular weight is 634 g/mol. The first kappa shape index (κ1) is 18.8. The molecule has 1 heterocycles. The zero-order chi connectivity index (χ0) is 41.9. The van der Waals surface area contributed by atoms with Gasteiger partial charge in [-0.25, -0.2) is 0 Å². The summed E-state index contributed by atoms with van der Waals surface area (Å²) in [5, 5.41) is 5.74. The van der Waals surface area contributed by atoms with Gasteiger partial charge in [0, 0.05) is 10.8 Å². The van der Waals surface area contributed by atoms with Crippen molar-refractivity contribution in [3.63, 3.8) is 0 Å². The fourth-order valence-corrected chi connectivity index (χ4v) is 7.34. The van der Waals surface area contributed by atoms with Crippen molar-refractivity contribution in [3.8, 4) is 44.5 Å². The van der Waals surface area contributed by atoms with E-state index >= 15 is 0 Å². The van der Waals surface area contributed by atoms with Crippen molar-refractivity contribution >= 4 is 54.3 Å². The van der Waals surface area contributed by atoms with E-state index < -0.39 is 60.4 Å². The summed E-state index contributed by atoms with van der Waals surface area (Å²) < 4.78 is 103. The molecule has 0 amide bonds. The highest BCUT2D eigenvalue weighted by Gasteiger charge is 2.21. The summed E-state index contributed by atoms with van der Waals surface area (Å²) in [6.45, 7) is 0. The summed E-state index contributed by atoms with van der Waals surface area (Å²) in [7, 11) is 0. The third kappa shape index (κ3) is 4.26. The zero-order valence-corrected chi connectivity index (χ0v) is 25.9. The van der Waals surface area contributed by atoms with E-state index in [-0.39, 0.29) is 44.7 Å². The number of hydrogen-bond donors (Lipinski definition) is 0. The predicted octanol–water partition coefficient (Wildman–Crippen LogP) is 13.7. The maximum atomic E-state index is 9.45. The van der Waals surface area contributed by atoms with Crippen LogP contribution in [0.15, 0.2) is 186 Å². The maximum Gasteiger partial charge on any atom is 0.136 e. The molecule has 0 aliphatic heterocycles. The quantitative estimate of drug-likeness (QED) is 0.176. The molecule has 0 saturated heterocycles. The van der Waals surface area contributed by atoms with E-state index in [0.29, 0.717) is 10.9 Å². The zero-order valence-electron chi connectivity index (χ0n) is 36.9. The molecule has 1 heteroatoms. The summed E-state index contributed by atoms with van der Waals surface area (Å²) in [6.07, 6.45) is 0. The summed E-state index contributed by atoms with van der Waals surface area (Å²) in [6, 6.07) is 32.3. The third-order valence-corrected chi connectivity index (χ3v) is 9.34. The topological polar surface area (TPSA) is 13.1 Å². The normalized spacial score (nSPS) is 14.8. The monoisotopic (exact) mass is 633 g/mol. The van der Waals surface area contributed by atoms with Crippen molar-refractivity contribution in [3.05, 3.63) is 182 Å². The van der Waals surface area contributed by atoms with Gasteiger partial charge in [0.25, 0.3) is 0 Å². The Labute approximate surface area is 299 Å². The van der Waals surface area contributed by atoms with E-state index in [2.05, 4.69) is 36.4 Å². The van der Waals surface area contributed by atoms with Crippen LogP contribution in [0, 0.1) is 0 Å². The second kappa shape index (κ2) is 11.1. The van der Waals surface area contributed by atoms with Crippen LogP contribution in [-0.4, -0.2) is 0 Å². The van der Waals surface area contributed by atoms with Crippen LogP contribution in [0.1, 0.15) is 15.1 Å². The van der Waals surface area contributed by atoms with E-state index in [4.69, 9.17) is 18.1 Å². The van der Waals surface area contributed by atoms with Gasteiger partial charge in [-0.1, -0.05) is 170 Å². The van der Waals surface area contributed by atoms with Crippen molar-refractivity contribution in [1.29, 1.82) is 0 Å². The lowest BCUT2D eigenvalue weighted by Gasteiger charge is -2.19. The Morgan fingerprint density at radius 2 is 0.816 bits per heavy atom. The maximum absolute atomic E-state index is 9.45. The Bertz CT molecular complexity index is 3420. The molecule has 49 heavy (non-hydrogen) atoms. The van der Waals surface area contributed by atoms with Gasteiger partial charge in [-0.2, -0.15) is 0 Å². The third-order valence-electron chi connectivity index (χ3n) is 9.34. The first-order valence-electron chi connectivity index (χ1n) is 21.5. The minimum absolute atomic E-state index is 0.0480. The Morgan fingerprint density at radius 3 is 1.45 bits per heavy atom. The molecule has 0 fully saturated rings. The van der Waals surface area contributed by atoms with E-state index in [1.54, 1.807) is 0 Å². The number of hydrogen-bond acceptors (Lipinski definition) is 1. The minimum atomic E-state index is -0.651. The highest BCUT2D eigenvalue weighted by molar-refractivity contribution is 6.25. The van der Waals surface area contributed by atoms with E-state index in [0.717, 1.165) is 49.2 Å².